The number of nitrogens with zero attached hydrogens (tertiary/aromatic N) is 1. The van der Waals surface area contributed by atoms with E-state index in [2.05, 4.69) is 33.0 Å². The number of carbonyl (C=O) groups excluding carboxylic acids is 1. The van der Waals surface area contributed by atoms with E-state index in [4.69, 9.17) is 0 Å². The van der Waals surface area contributed by atoms with Crippen LogP contribution in [0.1, 0.15) is 40.5 Å². The molecule has 0 aromatic rings. The highest BCUT2D eigenvalue weighted by atomic mass is 16.2. The monoisotopic (exact) mass is 210 g/mol. The Morgan fingerprint density at radius 2 is 2.07 bits per heavy atom. The molecule has 2 aliphatic rings. The van der Waals surface area contributed by atoms with Gasteiger partial charge in [-0.3, -0.25) is 10.1 Å². The number of carbonyl (C=O) groups is 1. The fraction of sp³-hybridized carbons (Fsp3) is 0.917. The Morgan fingerprint density at radius 3 is 2.47 bits per heavy atom. The second-order valence-electron chi connectivity index (χ2n) is 5.58. The smallest absolute Gasteiger partial charge is 0.244 e. The third-order valence-corrected chi connectivity index (χ3v) is 4.00. The third kappa shape index (κ3) is 1.78. The van der Waals surface area contributed by atoms with Crippen LogP contribution in [0.25, 0.3) is 0 Å². The summed E-state index contributed by atoms with van der Waals surface area (Å²) in [6.45, 7) is 9.65. The first-order chi connectivity index (χ1) is 6.96. The molecule has 0 radical (unpaired) electrons. The van der Waals surface area contributed by atoms with Gasteiger partial charge in [0.1, 0.15) is 0 Å². The van der Waals surface area contributed by atoms with Crippen LogP contribution >= 0.6 is 0 Å². The maximum Gasteiger partial charge on any atom is 0.244 e. The van der Waals surface area contributed by atoms with Crippen molar-refractivity contribution in [1.29, 1.82) is 0 Å². The van der Waals surface area contributed by atoms with E-state index >= 15 is 0 Å². The van der Waals surface area contributed by atoms with E-state index in [-0.39, 0.29) is 11.7 Å². The summed E-state index contributed by atoms with van der Waals surface area (Å²) in [6.07, 6.45) is 2.28. The molecule has 2 rings (SSSR count). The zero-order valence-electron chi connectivity index (χ0n) is 10.2. The average molecular weight is 210 g/mol. The molecule has 1 heterocycles. The Balaban J connectivity index is 2.00. The molecular weight excluding hydrogens is 188 g/mol. The minimum absolute atomic E-state index is 0.143. The summed E-state index contributed by atoms with van der Waals surface area (Å²) < 4.78 is 0. The van der Waals surface area contributed by atoms with Crippen molar-refractivity contribution in [3.05, 3.63) is 0 Å². The lowest BCUT2D eigenvalue weighted by molar-refractivity contribution is -0.131. The van der Waals surface area contributed by atoms with Crippen LogP contribution in [0, 0.1) is 11.8 Å². The van der Waals surface area contributed by atoms with Crippen molar-refractivity contribution in [2.45, 2.75) is 52.2 Å². The standard InChI is InChI=1S/C12H22N2O/c1-8(2)9(3)7-14-10(4)13-12(5-6-12)11(14)15/h8-10,13H,5-7H2,1-4H3. The van der Waals surface area contributed by atoms with Gasteiger partial charge in [0.05, 0.1) is 11.7 Å². The van der Waals surface area contributed by atoms with Crippen LogP contribution in [-0.2, 0) is 4.79 Å². The second-order valence-corrected chi connectivity index (χ2v) is 5.58. The van der Waals surface area contributed by atoms with Gasteiger partial charge in [-0.25, -0.2) is 0 Å². The number of hydrogen-bond acceptors (Lipinski definition) is 2. The molecule has 1 amide bonds. The van der Waals surface area contributed by atoms with Gasteiger partial charge in [0, 0.05) is 6.54 Å². The maximum atomic E-state index is 12.1. The summed E-state index contributed by atoms with van der Waals surface area (Å²) in [6, 6.07) is 0. The largest absolute Gasteiger partial charge is 0.326 e. The van der Waals surface area contributed by atoms with Crippen molar-refractivity contribution in [3.8, 4) is 0 Å². The second kappa shape index (κ2) is 3.48. The van der Waals surface area contributed by atoms with Crippen LogP contribution in [-0.4, -0.2) is 29.1 Å². The van der Waals surface area contributed by atoms with Crippen LogP contribution in [0.4, 0.5) is 0 Å². The number of hydrogen-bond donors (Lipinski definition) is 1. The first kappa shape index (κ1) is 10.9. The lowest BCUT2D eigenvalue weighted by Crippen LogP contribution is -2.38. The van der Waals surface area contributed by atoms with Gasteiger partial charge in [-0.1, -0.05) is 20.8 Å². The van der Waals surface area contributed by atoms with Gasteiger partial charge >= 0.3 is 0 Å². The van der Waals surface area contributed by atoms with Gasteiger partial charge in [0.2, 0.25) is 5.91 Å². The van der Waals surface area contributed by atoms with E-state index < -0.39 is 0 Å². The van der Waals surface area contributed by atoms with E-state index in [0.717, 1.165) is 19.4 Å². The Bertz CT molecular complexity index is 271. The van der Waals surface area contributed by atoms with Crippen LogP contribution in [0.2, 0.25) is 0 Å². The topological polar surface area (TPSA) is 32.3 Å². The number of rotatable bonds is 3. The number of amides is 1. The van der Waals surface area contributed by atoms with Gasteiger partial charge < -0.3 is 4.90 Å². The molecule has 15 heavy (non-hydrogen) atoms. The summed E-state index contributed by atoms with van der Waals surface area (Å²) in [5.74, 6) is 1.55. The molecule has 0 aromatic carbocycles. The molecule has 1 aliphatic carbocycles. The van der Waals surface area contributed by atoms with E-state index in [1.54, 1.807) is 0 Å². The maximum absolute atomic E-state index is 12.1. The zero-order chi connectivity index (χ0) is 11.2. The van der Waals surface area contributed by atoms with Gasteiger partial charge in [0.15, 0.2) is 0 Å². The Labute approximate surface area is 92.2 Å². The van der Waals surface area contributed by atoms with Crippen molar-refractivity contribution in [3.63, 3.8) is 0 Å². The van der Waals surface area contributed by atoms with Crippen LogP contribution in [0.5, 0.6) is 0 Å². The molecule has 86 valence electrons. The molecule has 2 unspecified atom stereocenters. The molecule has 2 fully saturated rings. The van der Waals surface area contributed by atoms with Gasteiger partial charge in [-0.05, 0) is 31.6 Å². The first-order valence-corrected chi connectivity index (χ1v) is 6.05. The van der Waals surface area contributed by atoms with Crippen molar-refractivity contribution in [1.82, 2.24) is 10.2 Å². The summed E-state index contributed by atoms with van der Waals surface area (Å²) in [7, 11) is 0. The minimum atomic E-state index is -0.143. The Hall–Kier alpha value is -0.570. The normalized spacial score (nSPS) is 30.3. The molecule has 1 spiro atoms. The van der Waals surface area contributed by atoms with Crippen molar-refractivity contribution < 1.29 is 4.79 Å². The van der Waals surface area contributed by atoms with Gasteiger partial charge in [0.25, 0.3) is 0 Å². The highest BCUT2D eigenvalue weighted by molar-refractivity contribution is 5.91. The predicted octanol–water partition coefficient (Wildman–Crippen LogP) is 1.59. The molecule has 2 atom stereocenters. The third-order valence-electron chi connectivity index (χ3n) is 4.00. The molecule has 0 bridgehead atoms. The summed E-state index contributed by atoms with van der Waals surface area (Å²) in [4.78, 5) is 14.1. The summed E-state index contributed by atoms with van der Waals surface area (Å²) in [5.41, 5.74) is -0.143. The van der Waals surface area contributed by atoms with Gasteiger partial charge in [-0.15, -0.1) is 0 Å². The summed E-state index contributed by atoms with van der Waals surface area (Å²) >= 11 is 0. The average Bonchev–Trinajstić information content (AvgIpc) is 2.88. The van der Waals surface area contributed by atoms with Crippen molar-refractivity contribution in [2.24, 2.45) is 11.8 Å². The Kier molecular flexibility index (Phi) is 2.53. The molecule has 3 heteroatoms. The molecular formula is C12H22N2O. The number of nitrogens with one attached hydrogen (secondary N) is 1. The zero-order valence-corrected chi connectivity index (χ0v) is 10.2. The quantitative estimate of drug-likeness (QED) is 0.767. The van der Waals surface area contributed by atoms with Crippen LogP contribution in [0.15, 0.2) is 0 Å². The summed E-state index contributed by atoms with van der Waals surface area (Å²) in [5, 5.41) is 3.42. The van der Waals surface area contributed by atoms with Gasteiger partial charge in [-0.2, -0.15) is 0 Å². The van der Waals surface area contributed by atoms with Crippen LogP contribution in [0.3, 0.4) is 0 Å². The molecule has 3 nitrogen and oxygen atoms in total. The molecule has 0 aromatic heterocycles. The molecule has 1 N–H and O–H groups in total. The molecule has 1 saturated heterocycles. The van der Waals surface area contributed by atoms with Crippen molar-refractivity contribution in [2.75, 3.05) is 6.54 Å². The van der Waals surface area contributed by atoms with Crippen molar-refractivity contribution >= 4 is 5.91 Å². The van der Waals surface area contributed by atoms with Crippen LogP contribution < -0.4 is 5.32 Å². The highest BCUT2D eigenvalue weighted by Crippen LogP contribution is 2.42. The Morgan fingerprint density at radius 1 is 1.47 bits per heavy atom. The van der Waals surface area contributed by atoms with E-state index in [1.807, 2.05) is 4.90 Å². The highest BCUT2D eigenvalue weighted by Gasteiger charge is 2.58. The minimum Gasteiger partial charge on any atom is -0.326 e. The van der Waals surface area contributed by atoms with E-state index in [0.29, 0.717) is 17.7 Å². The lowest BCUT2D eigenvalue weighted by atomic mass is 9.97. The SMILES string of the molecule is CC(C)C(C)CN1C(=O)C2(CC2)NC1C. The van der Waals surface area contributed by atoms with E-state index in [9.17, 15) is 4.79 Å². The molecule has 1 aliphatic heterocycles. The predicted molar refractivity (Wildman–Crippen MR) is 60.3 cm³/mol. The molecule has 1 saturated carbocycles. The lowest BCUT2D eigenvalue weighted by Gasteiger charge is -2.26. The van der Waals surface area contributed by atoms with E-state index in [1.165, 1.54) is 0 Å². The fourth-order valence-electron chi connectivity index (χ4n) is 2.24. The fourth-order valence-corrected chi connectivity index (χ4v) is 2.24. The first-order valence-electron chi connectivity index (χ1n) is 6.05.